The van der Waals surface area contributed by atoms with Crippen molar-refractivity contribution in [2.24, 2.45) is 5.73 Å². The summed E-state index contributed by atoms with van der Waals surface area (Å²) in [4.78, 5) is 20.4. The number of rotatable bonds is 4. The third kappa shape index (κ3) is 8.43. The minimum atomic E-state index is -5.08. The summed E-state index contributed by atoms with van der Waals surface area (Å²) in [5.74, 6) is -5.51. The summed E-state index contributed by atoms with van der Waals surface area (Å²) in [6, 6.07) is 14.4. The number of alkyl halides is 6. The van der Waals surface area contributed by atoms with Crippen molar-refractivity contribution in [3.8, 4) is 0 Å². The second-order valence-electron chi connectivity index (χ2n) is 9.32. The fourth-order valence-corrected chi connectivity index (χ4v) is 5.20. The van der Waals surface area contributed by atoms with E-state index < -0.39 is 34.3 Å². The lowest BCUT2D eigenvalue weighted by Crippen LogP contribution is -2.45. The Labute approximate surface area is 224 Å². The summed E-state index contributed by atoms with van der Waals surface area (Å²) in [5, 5.41) is 15.3. The summed E-state index contributed by atoms with van der Waals surface area (Å²) >= 11 is 0. The Morgan fingerprint density at radius 3 is 1.77 bits per heavy atom. The average molecular weight is 598 g/mol. The number of nitrogens with two attached hydrogens (primary N) is 1. The molecule has 0 saturated heterocycles. The van der Waals surface area contributed by atoms with Crippen LogP contribution in [0.3, 0.4) is 0 Å². The van der Waals surface area contributed by atoms with Crippen LogP contribution in [0.1, 0.15) is 25.0 Å². The molecule has 0 atom stereocenters. The molecule has 220 valence electrons. The van der Waals surface area contributed by atoms with Gasteiger partial charge in [0.15, 0.2) is 0 Å². The molecule has 1 aliphatic rings. The normalized spacial score (nSPS) is 14.0. The fourth-order valence-electron chi connectivity index (χ4n) is 3.80. The largest absolute Gasteiger partial charge is 0.490 e. The van der Waals surface area contributed by atoms with E-state index in [1.165, 1.54) is 3.97 Å². The molecule has 16 heteroatoms. The Balaban J connectivity index is 0.000000333. The SMILES string of the molecule is CC(C)(N)CN1Cc2cccc3c2c(cn3S(=O)(=O)c2ccccc2)C1.O=C(O)C(F)(F)F.O=C(O)C(F)(F)F. The third-order valence-corrected chi connectivity index (χ3v) is 6.85. The highest BCUT2D eigenvalue weighted by Gasteiger charge is 2.39. The van der Waals surface area contributed by atoms with Gasteiger partial charge in [-0.15, -0.1) is 0 Å². The van der Waals surface area contributed by atoms with Crippen LogP contribution in [-0.2, 0) is 32.7 Å². The van der Waals surface area contributed by atoms with Crippen molar-refractivity contribution in [2.45, 2.75) is 49.7 Å². The summed E-state index contributed by atoms with van der Waals surface area (Å²) in [5.41, 5.74) is 8.81. The first-order valence-electron chi connectivity index (χ1n) is 11.2. The molecule has 0 bridgehead atoms. The van der Waals surface area contributed by atoms with Crippen LogP contribution >= 0.6 is 0 Å². The minimum absolute atomic E-state index is 0.299. The van der Waals surface area contributed by atoms with Gasteiger partial charge in [-0.3, -0.25) is 4.90 Å². The number of nitrogens with zero attached hydrogens (tertiary/aromatic N) is 2. The number of carbonyl (C=O) groups is 2. The molecule has 0 radical (unpaired) electrons. The molecule has 2 heterocycles. The lowest BCUT2D eigenvalue weighted by atomic mass is 9.99. The minimum Gasteiger partial charge on any atom is -0.475 e. The van der Waals surface area contributed by atoms with Crippen molar-refractivity contribution in [3.63, 3.8) is 0 Å². The zero-order valence-electron chi connectivity index (χ0n) is 21.0. The van der Waals surface area contributed by atoms with Crippen molar-refractivity contribution in [1.82, 2.24) is 8.87 Å². The van der Waals surface area contributed by atoms with Gasteiger partial charge < -0.3 is 15.9 Å². The first-order chi connectivity index (χ1) is 18.1. The number of aromatic nitrogens is 1. The van der Waals surface area contributed by atoms with Gasteiger partial charge in [-0.2, -0.15) is 26.3 Å². The molecule has 4 rings (SSSR count). The van der Waals surface area contributed by atoms with Crippen molar-refractivity contribution in [1.29, 1.82) is 0 Å². The maximum absolute atomic E-state index is 13.1. The highest BCUT2D eigenvalue weighted by molar-refractivity contribution is 7.90. The van der Waals surface area contributed by atoms with Gasteiger partial charge in [-0.25, -0.2) is 22.0 Å². The number of halogens is 6. The van der Waals surface area contributed by atoms with Gasteiger partial charge in [0.1, 0.15) is 0 Å². The smallest absolute Gasteiger partial charge is 0.475 e. The topological polar surface area (TPSA) is 143 Å². The number of hydrogen-bond donors (Lipinski definition) is 3. The average Bonchev–Trinajstić information content (AvgIpc) is 3.19. The van der Waals surface area contributed by atoms with Crippen molar-refractivity contribution < 1.29 is 54.6 Å². The maximum atomic E-state index is 13.1. The Morgan fingerprint density at radius 1 is 0.850 bits per heavy atom. The van der Waals surface area contributed by atoms with E-state index in [0.717, 1.165) is 35.1 Å². The summed E-state index contributed by atoms with van der Waals surface area (Å²) in [6.45, 7) is 6.24. The molecule has 3 aromatic rings. The Hall–Kier alpha value is -3.63. The van der Waals surface area contributed by atoms with Crippen LogP contribution in [0.2, 0.25) is 0 Å². The first kappa shape index (κ1) is 32.6. The van der Waals surface area contributed by atoms with Crippen LogP contribution in [0, 0.1) is 0 Å². The second-order valence-corrected chi connectivity index (χ2v) is 11.1. The third-order valence-electron chi connectivity index (χ3n) is 5.16. The molecule has 1 aliphatic heterocycles. The zero-order chi connectivity index (χ0) is 30.7. The molecule has 4 N–H and O–H groups in total. The van der Waals surface area contributed by atoms with Gasteiger partial charge in [-0.1, -0.05) is 30.3 Å². The Kier molecular flexibility index (Phi) is 9.66. The molecular formula is C24H25F6N3O6S. The van der Waals surface area contributed by atoms with E-state index in [1.807, 2.05) is 32.0 Å². The molecule has 0 saturated carbocycles. The Bertz CT molecular complexity index is 1440. The van der Waals surface area contributed by atoms with E-state index in [9.17, 15) is 34.8 Å². The molecular weight excluding hydrogens is 572 g/mol. The van der Waals surface area contributed by atoms with E-state index >= 15 is 0 Å². The molecule has 1 aromatic heterocycles. The fraction of sp³-hybridized carbons (Fsp3) is 0.333. The van der Waals surface area contributed by atoms with Crippen molar-refractivity contribution >= 4 is 32.9 Å². The quantitative estimate of drug-likeness (QED) is 0.380. The van der Waals surface area contributed by atoms with Crippen LogP contribution in [0.4, 0.5) is 26.3 Å². The lowest BCUT2D eigenvalue weighted by Gasteiger charge is -2.32. The summed E-state index contributed by atoms with van der Waals surface area (Å²) in [7, 11) is -3.62. The molecule has 0 amide bonds. The van der Waals surface area contributed by atoms with E-state index in [2.05, 4.69) is 11.0 Å². The standard InChI is InChI=1S/C20H23N3O2S.2C2HF3O2/c1-20(2,21)14-22-11-15-7-6-10-18-19(15)16(12-22)13-23(18)26(24,25)17-8-4-3-5-9-17;2*3-2(4,5)1(6)7/h3-10,13H,11-12,14,21H2,1-2H3;2*(H,6,7). The number of benzene rings is 2. The van der Waals surface area contributed by atoms with Gasteiger partial charge in [-0.05, 0) is 43.2 Å². The summed E-state index contributed by atoms with van der Waals surface area (Å²) < 4.78 is 91.2. The number of carboxylic acids is 2. The van der Waals surface area contributed by atoms with Gasteiger partial charge in [0.05, 0.1) is 10.4 Å². The monoisotopic (exact) mass is 597 g/mol. The second kappa shape index (κ2) is 11.9. The van der Waals surface area contributed by atoms with Crippen LogP contribution in [0.25, 0.3) is 10.9 Å². The van der Waals surface area contributed by atoms with Crippen molar-refractivity contribution in [3.05, 3.63) is 65.9 Å². The van der Waals surface area contributed by atoms with Gasteiger partial charge >= 0.3 is 24.3 Å². The van der Waals surface area contributed by atoms with Crippen LogP contribution in [0.15, 0.2) is 59.6 Å². The maximum Gasteiger partial charge on any atom is 0.490 e. The molecule has 40 heavy (non-hydrogen) atoms. The molecule has 9 nitrogen and oxygen atoms in total. The highest BCUT2D eigenvalue weighted by atomic mass is 32.2. The lowest BCUT2D eigenvalue weighted by molar-refractivity contribution is -0.193. The number of hydrogen-bond acceptors (Lipinski definition) is 6. The van der Waals surface area contributed by atoms with Crippen molar-refractivity contribution in [2.75, 3.05) is 6.54 Å². The van der Waals surface area contributed by atoms with E-state index in [-0.39, 0.29) is 5.54 Å². The number of aliphatic carboxylic acids is 2. The molecule has 0 aliphatic carbocycles. The van der Waals surface area contributed by atoms with Gasteiger partial charge in [0.2, 0.25) is 0 Å². The zero-order valence-corrected chi connectivity index (χ0v) is 21.8. The highest BCUT2D eigenvalue weighted by Crippen LogP contribution is 2.34. The van der Waals surface area contributed by atoms with Gasteiger partial charge in [0, 0.05) is 36.8 Å². The van der Waals surface area contributed by atoms with Gasteiger partial charge in [0.25, 0.3) is 10.0 Å². The Morgan fingerprint density at radius 2 is 1.32 bits per heavy atom. The van der Waals surface area contributed by atoms with E-state index in [0.29, 0.717) is 11.4 Å². The molecule has 2 aromatic carbocycles. The molecule has 0 spiro atoms. The van der Waals surface area contributed by atoms with E-state index in [4.69, 9.17) is 25.5 Å². The predicted molar refractivity (Wildman–Crippen MR) is 131 cm³/mol. The van der Waals surface area contributed by atoms with E-state index in [1.54, 1.807) is 30.5 Å². The predicted octanol–water partition coefficient (Wildman–Crippen LogP) is 4.20. The van der Waals surface area contributed by atoms with Crippen LogP contribution in [0.5, 0.6) is 0 Å². The molecule has 0 unspecified atom stereocenters. The van der Waals surface area contributed by atoms with Crippen LogP contribution < -0.4 is 5.73 Å². The van der Waals surface area contributed by atoms with Crippen LogP contribution in [-0.4, -0.2) is 63.9 Å². The number of carboxylic acid groups (broad SMARTS) is 2. The molecule has 0 fully saturated rings. The summed E-state index contributed by atoms with van der Waals surface area (Å²) in [6.07, 6.45) is -8.40. The first-order valence-corrected chi connectivity index (χ1v) is 12.6.